The van der Waals surface area contributed by atoms with Crippen LogP contribution in [0.1, 0.15) is 25.7 Å². The van der Waals surface area contributed by atoms with Crippen molar-refractivity contribution >= 4 is 17.7 Å². The molecular weight excluding hydrogens is 244 g/mol. The maximum atomic E-state index is 12.0. The fourth-order valence-electron chi connectivity index (χ4n) is 2.23. The van der Waals surface area contributed by atoms with Crippen LogP contribution in [0.25, 0.3) is 0 Å². The van der Waals surface area contributed by atoms with Crippen LogP contribution < -0.4 is 5.32 Å². The number of aliphatic carboxylic acids is 1. The molecule has 0 saturated heterocycles. The number of carboxylic acid groups (broad SMARTS) is 1. The summed E-state index contributed by atoms with van der Waals surface area (Å²) in [4.78, 5) is 26.6. The summed E-state index contributed by atoms with van der Waals surface area (Å²) in [6.45, 7) is 0. The highest BCUT2D eigenvalue weighted by Gasteiger charge is 2.23. The summed E-state index contributed by atoms with van der Waals surface area (Å²) in [6.07, 6.45) is 5.62. The zero-order valence-electron chi connectivity index (χ0n) is 10.5. The van der Waals surface area contributed by atoms with E-state index < -0.39 is 5.97 Å². The quantitative estimate of drug-likeness (QED) is 0.817. The van der Waals surface area contributed by atoms with Gasteiger partial charge in [-0.2, -0.15) is 0 Å². The van der Waals surface area contributed by atoms with Crippen molar-refractivity contribution < 1.29 is 14.7 Å². The Kier molecular flexibility index (Phi) is 4.28. The molecule has 1 aromatic heterocycles. The first-order valence-corrected chi connectivity index (χ1v) is 6.29. The van der Waals surface area contributed by atoms with E-state index in [2.05, 4.69) is 10.3 Å². The van der Waals surface area contributed by atoms with Gasteiger partial charge < -0.3 is 10.4 Å². The molecule has 19 heavy (non-hydrogen) atoms. The van der Waals surface area contributed by atoms with Gasteiger partial charge in [0.25, 0.3) is 0 Å². The molecule has 1 aliphatic carbocycles. The van der Waals surface area contributed by atoms with Crippen molar-refractivity contribution in [2.24, 2.45) is 5.92 Å². The fourth-order valence-corrected chi connectivity index (χ4v) is 2.23. The van der Waals surface area contributed by atoms with Crippen LogP contribution in [0.3, 0.4) is 0 Å². The Bertz CT molecular complexity index is 487. The zero-order valence-corrected chi connectivity index (χ0v) is 10.5. The molecule has 5 heteroatoms. The molecule has 1 fully saturated rings. The number of allylic oxidation sites excluding steroid dienone is 1. The molecule has 1 heterocycles. The molecule has 0 unspecified atom stereocenters. The molecule has 0 atom stereocenters. The molecule has 100 valence electrons. The number of rotatable bonds is 3. The maximum Gasteiger partial charge on any atom is 0.328 e. The maximum absolute atomic E-state index is 12.0. The molecule has 0 aliphatic heterocycles. The van der Waals surface area contributed by atoms with Gasteiger partial charge in [-0.15, -0.1) is 0 Å². The summed E-state index contributed by atoms with van der Waals surface area (Å²) in [6, 6.07) is 5.35. The molecule has 2 N–H and O–H groups in total. The normalized spacial score (nSPS) is 18.7. The van der Waals surface area contributed by atoms with Gasteiger partial charge in [0.05, 0.1) is 0 Å². The Morgan fingerprint density at radius 3 is 2.63 bits per heavy atom. The average Bonchev–Trinajstić information content (AvgIpc) is 2.40. The Morgan fingerprint density at radius 1 is 1.32 bits per heavy atom. The number of carbonyl (C=O) groups excluding carboxylic acids is 1. The van der Waals surface area contributed by atoms with Crippen molar-refractivity contribution in [3.05, 3.63) is 36.0 Å². The number of carbonyl (C=O) groups is 2. The van der Waals surface area contributed by atoms with Crippen molar-refractivity contribution in [2.45, 2.75) is 25.7 Å². The average molecular weight is 260 g/mol. The lowest BCUT2D eigenvalue weighted by molar-refractivity contribution is -0.131. The highest BCUT2D eigenvalue weighted by molar-refractivity contribution is 5.91. The minimum absolute atomic E-state index is 0.0342. The number of pyridine rings is 1. The van der Waals surface area contributed by atoms with Gasteiger partial charge >= 0.3 is 5.97 Å². The van der Waals surface area contributed by atoms with Crippen LogP contribution in [-0.2, 0) is 9.59 Å². The van der Waals surface area contributed by atoms with Crippen LogP contribution in [0.4, 0.5) is 5.82 Å². The van der Waals surface area contributed by atoms with E-state index in [1.54, 1.807) is 18.3 Å². The van der Waals surface area contributed by atoms with E-state index in [1.807, 2.05) is 6.07 Å². The largest absolute Gasteiger partial charge is 0.478 e. The van der Waals surface area contributed by atoms with E-state index in [0.29, 0.717) is 31.5 Å². The standard InChI is InChI=1S/C14H16N2O3/c17-13(18)9-10-4-6-11(7-5-10)14(19)16-12-3-1-2-8-15-12/h1-3,8-9,11H,4-7H2,(H,17,18)(H,15,16,19). The first-order chi connectivity index (χ1) is 9.15. The van der Waals surface area contributed by atoms with Gasteiger partial charge in [-0.3, -0.25) is 4.79 Å². The van der Waals surface area contributed by atoms with Gasteiger partial charge in [-0.05, 0) is 37.8 Å². The second-order valence-corrected chi connectivity index (χ2v) is 4.62. The fraction of sp³-hybridized carbons (Fsp3) is 0.357. The van der Waals surface area contributed by atoms with E-state index in [1.165, 1.54) is 6.08 Å². The molecule has 0 radical (unpaired) electrons. The van der Waals surface area contributed by atoms with Gasteiger partial charge in [-0.25, -0.2) is 9.78 Å². The number of hydrogen-bond acceptors (Lipinski definition) is 3. The van der Waals surface area contributed by atoms with Crippen LogP contribution in [0.15, 0.2) is 36.0 Å². The molecule has 0 spiro atoms. The summed E-state index contributed by atoms with van der Waals surface area (Å²) in [5.41, 5.74) is 0.911. The Labute approximate surface area is 111 Å². The highest BCUT2D eigenvalue weighted by atomic mass is 16.4. The minimum Gasteiger partial charge on any atom is -0.478 e. The predicted octanol–water partition coefficient (Wildman–Crippen LogP) is 2.22. The second-order valence-electron chi connectivity index (χ2n) is 4.62. The van der Waals surface area contributed by atoms with E-state index in [-0.39, 0.29) is 11.8 Å². The van der Waals surface area contributed by atoms with E-state index in [4.69, 9.17) is 5.11 Å². The third kappa shape index (κ3) is 3.91. The summed E-state index contributed by atoms with van der Waals surface area (Å²) in [5.74, 6) is -0.452. The zero-order chi connectivity index (χ0) is 13.7. The molecule has 1 aromatic rings. The lowest BCUT2D eigenvalue weighted by atomic mass is 9.85. The lowest BCUT2D eigenvalue weighted by Gasteiger charge is -2.22. The van der Waals surface area contributed by atoms with Gasteiger partial charge in [-0.1, -0.05) is 11.6 Å². The van der Waals surface area contributed by atoms with Crippen molar-refractivity contribution in [1.82, 2.24) is 4.98 Å². The summed E-state index contributed by atoms with van der Waals surface area (Å²) in [5, 5.41) is 11.5. The van der Waals surface area contributed by atoms with Crippen molar-refractivity contribution in [3.8, 4) is 0 Å². The predicted molar refractivity (Wildman–Crippen MR) is 70.5 cm³/mol. The number of anilines is 1. The SMILES string of the molecule is O=C(O)C=C1CCC(C(=O)Nc2ccccn2)CC1. The lowest BCUT2D eigenvalue weighted by Crippen LogP contribution is -2.25. The molecule has 0 bridgehead atoms. The van der Waals surface area contributed by atoms with E-state index in [0.717, 1.165) is 5.57 Å². The highest BCUT2D eigenvalue weighted by Crippen LogP contribution is 2.28. The number of nitrogens with zero attached hydrogens (tertiary/aromatic N) is 1. The smallest absolute Gasteiger partial charge is 0.328 e. The Morgan fingerprint density at radius 2 is 2.05 bits per heavy atom. The van der Waals surface area contributed by atoms with Crippen LogP contribution in [0.2, 0.25) is 0 Å². The molecule has 1 aliphatic rings. The molecular formula is C14H16N2O3. The number of hydrogen-bond donors (Lipinski definition) is 2. The van der Waals surface area contributed by atoms with E-state index in [9.17, 15) is 9.59 Å². The topological polar surface area (TPSA) is 79.3 Å². The third-order valence-electron chi connectivity index (χ3n) is 3.24. The van der Waals surface area contributed by atoms with Crippen LogP contribution >= 0.6 is 0 Å². The van der Waals surface area contributed by atoms with Crippen molar-refractivity contribution in [3.63, 3.8) is 0 Å². The minimum atomic E-state index is -0.911. The van der Waals surface area contributed by atoms with Gasteiger partial charge in [0.1, 0.15) is 5.82 Å². The number of nitrogens with one attached hydrogen (secondary N) is 1. The molecule has 2 rings (SSSR count). The van der Waals surface area contributed by atoms with Crippen molar-refractivity contribution in [1.29, 1.82) is 0 Å². The van der Waals surface area contributed by atoms with E-state index >= 15 is 0 Å². The van der Waals surface area contributed by atoms with Gasteiger partial charge in [0.15, 0.2) is 0 Å². The Balaban J connectivity index is 1.88. The first-order valence-electron chi connectivity index (χ1n) is 6.29. The van der Waals surface area contributed by atoms with Crippen LogP contribution in [-0.4, -0.2) is 22.0 Å². The van der Waals surface area contributed by atoms with Crippen LogP contribution in [0, 0.1) is 5.92 Å². The first kappa shape index (κ1) is 13.3. The summed E-state index contributed by atoms with van der Waals surface area (Å²) < 4.78 is 0. The second kappa shape index (κ2) is 6.13. The summed E-state index contributed by atoms with van der Waals surface area (Å²) in [7, 11) is 0. The molecule has 5 nitrogen and oxygen atoms in total. The number of aromatic nitrogens is 1. The molecule has 1 amide bonds. The third-order valence-corrected chi connectivity index (χ3v) is 3.24. The van der Waals surface area contributed by atoms with Gasteiger partial charge in [0.2, 0.25) is 5.91 Å². The Hall–Kier alpha value is -2.17. The monoisotopic (exact) mass is 260 g/mol. The molecule has 1 saturated carbocycles. The summed E-state index contributed by atoms with van der Waals surface area (Å²) >= 11 is 0. The number of carboxylic acids is 1. The van der Waals surface area contributed by atoms with Crippen molar-refractivity contribution in [2.75, 3.05) is 5.32 Å². The van der Waals surface area contributed by atoms with Gasteiger partial charge in [0, 0.05) is 18.2 Å². The van der Waals surface area contributed by atoms with Crippen LogP contribution in [0.5, 0.6) is 0 Å². The molecule has 0 aromatic carbocycles. The number of amides is 1.